The van der Waals surface area contributed by atoms with E-state index in [4.69, 9.17) is 4.74 Å². The number of carbonyl (C=O) groups is 3. The Morgan fingerprint density at radius 3 is 2.71 bits per heavy atom. The second-order valence-electron chi connectivity index (χ2n) is 8.67. The van der Waals surface area contributed by atoms with Gasteiger partial charge in [0, 0.05) is 12.7 Å². The van der Waals surface area contributed by atoms with E-state index in [2.05, 4.69) is 10.3 Å². The number of ether oxygens (including phenoxy) is 1. The maximum Gasteiger partial charge on any atom is 0.414 e. The van der Waals surface area contributed by atoms with Gasteiger partial charge in [-0.15, -0.1) is 11.3 Å². The van der Waals surface area contributed by atoms with Gasteiger partial charge in [0.1, 0.15) is 12.1 Å². The molecule has 0 saturated carbocycles. The van der Waals surface area contributed by atoms with Crippen LogP contribution in [0.4, 0.5) is 4.79 Å². The molecule has 2 aromatic rings. The van der Waals surface area contributed by atoms with Crippen molar-refractivity contribution in [3.05, 3.63) is 41.9 Å². The van der Waals surface area contributed by atoms with Crippen molar-refractivity contribution in [3.8, 4) is 5.06 Å². The highest BCUT2D eigenvalue weighted by Gasteiger charge is 2.54. The number of rotatable bonds is 7. The summed E-state index contributed by atoms with van der Waals surface area (Å²) in [6.07, 6.45) is 1.29. The first-order chi connectivity index (χ1) is 16.2. The number of likely N-dealkylation sites (tertiary alicyclic amines) is 1. The summed E-state index contributed by atoms with van der Waals surface area (Å²) in [6, 6.07) is 5.48. The van der Waals surface area contributed by atoms with Crippen LogP contribution in [0.5, 0.6) is 5.06 Å². The smallest absolute Gasteiger partial charge is 0.399 e. The highest BCUT2D eigenvalue weighted by Crippen LogP contribution is 2.34. The molecular formula is C22H26N4O6S2. The van der Waals surface area contributed by atoms with Gasteiger partial charge >= 0.3 is 6.09 Å². The van der Waals surface area contributed by atoms with E-state index in [0.29, 0.717) is 17.9 Å². The van der Waals surface area contributed by atoms with E-state index < -0.39 is 40.1 Å². The normalized spacial score (nSPS) is 21.5. The second-order valence-corrected chi connectivity index (χ2v) is 11.4. The molecule has 2 fully saturated rings. The quantitative estimate of drug-likeness (QED) is 0.608. The molecule has 2 aliphatic heterocycles. The van der Waals surface area contributed by atoms with Crippen molar-refractivity contribution in [1.29, 1.82) is 0 Å². The van der Waals surface area contributed by atoms with Crippen LogP contribution in [0.15, 0.2) is 46.9 Å². The number of ketones is 1. The average molecular weight is 507 g/mol. The van der Waals surface area contributed by atoms with E-state index in [9.17, 15) is 22.8 Å². The van der Waals surface area contributed by atoms with Crippen LogP contribution in [-0.2, 0) is 19.6 Å². The first-order valence-electron chi connectivity index (χ1n) is 11.0. The zero-order valence-corrected chi connectivity index (χ0v) is 20.4. The molecule has 34 heavy (non-hydrogen) atoms. The Morgan fingerprint density at radius 1 is 1.26 bits per heavy atom. The van der Waals surface area contributed by atoms with E-state index in [1.807, 2.05) is 13.8 Å². The zero-order chi connectivity index (χ0) is 24.5. The molecular weight excluding hydrogens is 480 g/mol. The fourth-order valence-corrected chi connectivity index (χ4v) is 6.57. The summed E-state index contributed by atoms with van der Waals surface area (Å²) in [7, 11) is -3.99. The molecule has 0 spiro atoms. The third-order valence-corrected chi connectivity index (χ3v) is 8.39. The standard InChI is InChI=1S/C22H26N4O6S2/c1-14(2)12-15(24-22(29)32-19-7-5-11-33-19)21(28)25-10-8-16-20(25)17(27)13-26(16)34(30,31)18-6-3-4-9-23-18/h3-7,9,11,14-16,20H,8,10,12-13H2,1-2H3,(H,24,29). The number of carbonyl (C=O) groups excluding carboxylic acids is 3. The van der Waals surface area contributed by atoms with Crippen LogP contribution in [0.3, 0.4) is 0 Å². The van der Waals surface area contributed by atoms with Crippen LogP contribution >= 0.6 is 11.3 Å². The lowest BCUT2D eigenvalue weighted by molar-refractivity contribution is -0.138. The molecule has 1 N–H and O–H groups in total. The van der Waals surface area contributed by atoms with E-state index in [0.717, 1.165) is 4.31 Å². The molecule has 2 aromatic heterocycles. The Hall–Kier alpha value is -2.83. The molecule has 10 nitrogen and oxygen atoms in total. The number of pyridine rings is 1. The average Bonchev–Trinajstić information content (AvgIpc) is 3.52. The van der Waals surface area contributed by atoms with Gasteiger partial charge in [-0.3, -0.25) is 9.59 Å². The molecule has 0 aromatic carbocycles. The van der Waals surface area contributed by atoms with Crippen molar-refractivity contribution in [2.45, 2.75) is 49.8 Å². The van der Waals surface area contributed by atoms with Gasteiger partial charge in [0.15, 0.2) is 15.9 Å². The largest absolute Gasteiger partial charge is 0.414 e. The first kappa shape index (κ1) is 24.3. The third-order valence-electron chi connectivity index (χ3n) is 5.86. The summed E-state index contributed by atoms with van der Waals surface area (Å²) < 4.78 is 32.6. The van der Waals surface area contributed by atoms with Crippen LogP contribution in [0, 0.1) is 5.92 Å². The summed E-state index contributed by atoms with van der Waals surface area (Å²) >= 11 is 1.25. The van der Waals surface area contributed by atoms with Crippen LogP contribution in [0.1, 0.15) is 26.7 Å². The number of sulfonamides is 1. The van der Waals surface area contributed by atoms with Crippen molar-refractivity contribution in [1.82, 2.24) is 19.5 Å². The number of Topliss-reactive ketones (excluding diaryl/α,β-unsaturated/α-hetero) is 1. The van der Waals surface area contributed by atoms with Gasteiger partial charge in [0.05, 0.1) is 12.6 Å². The maximum absolute atomic E-state index is 13.5. The Balaban J connectivity index is 1.51. The summed E-state index contributed by atoms with van der Waals surface area (Å²) in [5.74, 6) is -0.690. The van der Waals surface area contributed by atoms with E-state index in [1.54, 1.807) is 29.6 Å². The third kappa shape index (κ3) is 4.84. The molecule has 0 radical (unpaired) electrons. The predicted octanol–water partition coefficient (Wildman–Crippen LogP) is 1.89. The van der Waals surface area contributed by atoms with Gasteiger partial charge in [0.25, 0.3) is 10.0 Å². The fourth-order valence-electron chi connectivity index (χ4n) is 4.44. The molecule has 3 atom stereocenters. The number of hydrogen-bond acceptors (Lipinski definition) is 8. The number of thiophene rings is 1. The minimum absolute atomic E-state index is 0.0784. The van der Waals surface area contributed by atoms with Crippen LogP contribution < -0.4 is 10.1 Å². The maximum atomic E-state index is 13.5. The number of fused-ring (bicyclic) bond motifs is 1. The molecule has 2 saturated heterocycles. The van der Waals surface area contributed by atoms with Crippen molar-refractivity contribution >= 4 is 39.1 Å². The Labute approximate surface area is 202 Å². The van der Waals surface area contributed by atoms with Crippen molar-refractivity contribution in [2.75, 3.05) is 13.1 Å². The molecule has 4 rings (SSSR count). The Morgan fingerprint density at radius 2 is 2.06 bits per heavy atom. The number of hydrogen-bond donors (Lipinski definition) is 1. The minimum Gasteiger partial charge on any atom is -0.399 e. The number of nitrogens with one attached hydrogen (secondary N) is 1. The van der Waals surface area contributed by atoms with Crippen molar-refractivity contribution < 1.29 is 27.5 Å². The summed E-state index contributed by atoms with van der Waals surface area (Å²) in [4.78, 5) is 44.1. The molecule has 182 valence electrons. The molecule has 12 heteroatoms. The topological polar surface area (TPSA) is 126 Å². The van der Waals surface area contributed by atoms with Crippen LogP contribution in [-0.4, -0.2) is 71.6 Å². The lowest BCUT2D eigenvalue weighted by Gasteiger charge is -2.28. The SMILES string of the molecule is CC(C)CC(NC(=O)Oc1cccs1)C(=O)N1CCC2C1C(=O)CN2S(=O)(=O)c1ccccn1. The van der Waals surface area contributed by atoms with Gasteiger partial charge in [0.2, 0.25) is 5.91 Å². The lowest BCUT2D eigenvalue weighted by Crippen LogP contribution is -2.53. The summed E-state index contributed by atoms with van der Waals surface area (Å²) in [5, 5.41) is 4.65. The van der Waals surface area contributed by atoms with Crippen molar-refractivity contribution in [3.63, 3.8) is 0 Å². The first-order valence-corrected chi connectivity index (χ1v) is 13.3. The number of nitrogens with zero attached hydrogens (tertiary/aromatic N) is 3. The predicted molar refractivity (Wildman–Crippen MR) is 124 cm³/mol. The van der Waals surface area contributed by atoms with E-state index in [1.165, 1.54) is 28.5 Å². The lowest BCUT2D eigenvalue weighted by atomic mass is 10.0. The molecule has 3 unspecified atom stereocenters. The fraction of sp³-hybridized carbons (Fsp3) is 0.455. The van der Waals surface area contributed by atoms with Gasteiger partial charge in [-0.1, -0.05) is 19.9 Å². The van der Waals surface area contributed by atoms with Gasteiger partial charge in [-0.05, 0) is 48.4 Å². The molecule has 0 aliphatic carbocycles. The van der Waals surface area contributed by atoms with Crippen LogP contribution in [0.2, 0.25) is 0 Å². The van der Waals surface area contributed by atoms with Gasteiger partial charge < -0.3 is 15.0 Å². The van der Waals surface area contributed by atoms with E-state index >= 15 is 0 Å². The summed E-state index contributed by atoms with van der Waals surface area (Å²) in [5.41, 5.74) is 0. The molecule has 2 amide bonds. The Kier molecular flexibility index (Phi) is 7.01. The monoisotopic (exact) mass is 506 g/mol. The zero-order valence-electron chi connectivity index (χ0n) is 18.8. The molecule has 2 aliphatic rings. The highest BCUT2D eigenvalue weighted by atomic mass is 32.2. The molecule has 4 heterocycles. The van der Waals surface area contributed by atoms with Gasteiger partial charge in [-0.2, -0.15) is 4.31 Å². The van der Waals surface area contributed by atoms with Crippen LogP contribution in [0.25, 0.3) is 0 Å². The van der Waals surface area contributed by atoms with Gasteiger partial charge in [-0.25, -0.2) is 18.2 Å². The number of aromatic nitrogens is 1. The Bertz CT molecular complexity index is 1150. The van der Waals surface area contributed by atoms with Crippen molar-refractivity contribution in [2.24, 2.45) is 5.92 Å². The highest BCUT2D eigenvalue weighted by molar-refractivity contribution is 7.89. The minimum atomic E-state index is -3.99. The second kappa shape index (κ2) is 9.80. The van der Waals surface area contributed by atoms with E-state index in [-0.39, 0.29) is 29.8 Å². The summed E-state index contributed by atoms with van der Waals surface area (Å²) in [6.45, 7) is 3.73. The number of amides is 2. The molecule has 0 bridgehead atoms.